The van der Waals surface area contributed by atoms with Gasteiger partial charge in [-0.15, -0.1) is 0 Å². The number of fused-ring (bicyclic) bond motifs is 1. The monoisotopic (exact) mass is 396 g/mol. The zero-order valence-electron chi connectivity index (χ0n) is 16.1. The van der Waals surface area contributed by atoms with Crippen molar-refractivity contribution in [2.45, 2.75) is 31.2 Å². The molecular weight excluding hydrogens is 372 g/mol. The van der Waals surface area contributed by atoms with Gasteiger partial charge in [-0.1, -0.05) is 23.7 Å². The summed E-state index contributed by atoms with van der Waals surface area (Å²) in [7, 11) is 4.27. The molecule has 6 nitrogen and oxygen atoms in total. The second kappa shape index (κ2) is 6.60. The molecule has 146 valence electrons. The van der Waals surface area contributed by atoms with E-state index in [0.29, 0.717) is 12.0 Å². The zero-order chi connectivity index (χ0) is 19.4. The Morgan fingerprint density at radius 3 is 2.46 bits per heavy atom. The molecule has 1 unspecified atom stereocenters. The highest BCUT2D eigenvalue weighted by molar-refractivity contribution is 7.13. The Kier molecular flexibility index (Phi) is 4.17. The van der Waals surface area contributed by atoms with Crippen molar-refractivity contribution in [3.05, 3.63) is 50.5 Å². The molecule has 1 aliphatic carbocycles. The van der Waals surface area contributed by atoms with Crippen molar-refractivity contribution >= 4 is 27.3 Å². The van der Waals surface area contributed by atoms with Crippen LogP contribution in [0.5, 0.6) is 0 Å². The molecule has 1 aliphatic heterocycles. The Bertz CT molecular complexity index is 1140. The second-order valence-corrected chi connectivity index (χ2v) is 8.97. The molecule has 3 aromatic rings. The largest absolute Gasteiger partial charge is 0.370 e. The SMILES string of the molecule is CN(C)C1CCN(c2ccc(-c3[nH]c(=O)c4c(=O)[nH]sc4c3C3CC3)cc2)C1. The van der Waals surface area contributed by atoms with Crippen LogP contribution in [0, 0.1) is 0 Å². The number of aromatic nitrogens is 2. The van der Waals surface area contributed by atoms with E-state index < -0.39 is 0 Å². The van der Waals surface area contributed by atoms with Gasteiger partial charge in [-0.3, -0.25) is 14.0 Å². The summed E-state index contributed by atoms with van der Waals surface area (Å²) < 4.78 is 3.56. The number of nitrogens with zero attached hydrogens (tertiary/aromatic N) is 2. The highest BCUT2D eigenvalue weighted by Crippen LogP contribution is 2.46. The predicted octanol–water partition coefficient (Wildman–Crippen LogP) is 2.96. The average Bonchev–Trinajstić information content (AvgIpc) is 3.25. The lowest BCUT2D eigenvalue weighted by molar-refractivity contribution is 0.315. The molecule has 2 aliphatic rings. The molecule has 1 atom stereocenters. The van der Waals surface area contributed by atoms with Gasteiger partial charge in [0.15, 0.2) is 0 Å². The number of rotatable bonds is 4. The third-order valence-corrected chi connectivity index (χ3v) is 7.00. The van der Waals surface area contributed by atoms with Gasteiger partial charge in [0.05, 0.1) is 10.4 Å². The van der Waals surface area contributed by atoms with E-state index >= 15 is 0 Å². The molecule has 5 rings (SSSR count). The maximum atomic E-state index is 12.5. The van der Waals surface area contributed by atoms with Gasteiger partial charge in [-0.2, -0.15) is 0 Å². The number of aromatic amines is 2. The van der Waals surface area contributed by atoms with Crippen molar-refractivity contribution in [3.8, 4) is 11.3 Å². The standard InChI is InChI=1S/C21H24N4O2S/c1-24(2)15-9-10-25(11-15)14-7-5-13(6-8-14)18-16(12-3-4-12)19-17(20(26)22-18)21(27)23-28-19/h5-8,12,15H,3-4,9-11H2,1-2H3,(H,22,26)(H,23,27). The topological polar surface area (TPSA) is 72.2 Å². The lowest BCUT2D eigenvalue weighted by atomic mass is 10.0. The Morgan fingerprint density at radius 1 is 1.07 bits per heavy atom. The average molecular weight is 397 g/mol. The van der Waals surface area contributed by atoms with E-state index in [1.54, 1.807) is 0 Å². The minimum Gasteiger partial charge on any atom is -0.370 e. The van der Waals surface area contributed by atoms with Crippen LogP contribution in [-0.2, 0) is 0 Å². The van der Waals surface area contributed by atoms with E-state index in [-0.39, 0.29) is 16.5 Å². The number of nitrogens with one attached hydrogen (secondary N) is 2. The molecular formula is C21H24N4O2S. The number of H-pyrrole nitrogens is 2. The fourth-order valence-electron chi connectivity index (χ4n) is 4.28. The van der Waals surface area contributed by atoms with Crippen molar-refractivity contribution in [2.24, 2.45) is 0 Å². The molecule has 28 heavy (non-hydrogen) atoms. The van der Waals surface area contributed by atoms with Crippen LogP contribution in [0.15, 0.2) is 33.9 Å². The van der Waals surface area contributed by atoms with E-state index in [0.717, 1.165) is 47.5 Å². The Labute approximate surface area is 167 Å². The van der Waals surface area contributed by atoms with E-state index in [1.807, 2.05) is 0 Å². The number of hydrogen-bond donors (Lipinski definition) is 2. The van der Waals surface area contributed by atoms with Crippen LogP contribution in [0.2, 0.25) is 0 Å². The molecule has 0 radical (unpaired) electrons. The Balaban J connectivity index is 1.53. The molecule has 7 heteroatoms. The first-order chi connectivity index (χ1) is 13.5. The highest BCUT2D eigenvalue weighted by Gasteiger charge is 2.31. The molecule has 2 aromatic heterocycles. The number of pyridine rings is 1. The summed E-state index contributed by atoms with van der Waals surface area (Å²) in [6, 6.07) is 9.07. The molecule has 0 spiro atoms. The maximum Gasteiger partial charge on any atom is 0.271 e. The fourth-order valence-corrected chi connectivity index (χ4v) is 5.24. The molecule has 1 saturated carbocycles. The quantitative estimate of drug-likeness (QED) is 0.711. The van der Waals surface area contributed by atoms with Crippen LogP contribution in [0.25, 0.3) is 21.3 Å². The number of benzene rings is 1. The van der Waals surface area contributed by atoms with Crippen LogP contribution < -0.4 is 16.0 Å². The van der Waals surface area contributed by atoms with Crippen molar-refractivity contribution in [3.63, 3.8) is 0 Å². The van der Waals surface area contributed by atoms with E-state index in [9.17, 15) is 9.59 Å². The smallest absolute Gasteiger partial charge is 0.271 e. The summed E-state index contributed by atoms with van der Waals surface area (Å²) in [6.07, 6.45) is 3.40. The number of anilines is 1. The third kappa shape index (κ3) is 2.89. The molecule has 1 aromatic carbocycles. The van der Waals surface area contributed by atoms with E-state index in [2.05, 4.69) is 57.5 Å². The first kappa shape index (κ1) is 17.7. The van der Waals surface area contributed by atoms with Gasteiger partial charge >= 0.3 is 0 Å². The van der Waals surface area contributed by atoms with E-state index in [1.165, 1.54) is 23.6 Å². The normalized spacial score (nSPS) is 19.8. The van der Waals surface area contributed by atoms with Gasteiger partial charge < -0.3 is 14.8 Å². The summed E-state index contributed by atoms with van der Waals surface area (Å²) in [4.78, 5) is 32.3. The van der Waals surface area contributed by atoms with Gasteiger partial charge in [-0.05, 0) is 62.5 Å². The number of hydrogen-bond acceptors (Lipinski definition) is 5. The highest BCUT2D eigenvalue weighted by atomic mass is 32.1. The maximum absolute atomic E-state index is 12.5. The van der Waals surface area contributed by atoms with Gasteiger partial charge in [0.2, 0.25) is 0 Å². The Hall–Kier alpha value is -2.38. The molecule has 1 saturated heterocycles. The Morgan fingerprint density at radius 2 is 1.82 bits per heavy atom. The van der Waals surface area contributed by atoms with Crippen LogP contribution in [0.1, 0.15) is 30.7 Å². The summed E-state index contributed by atoms with van der Waals surface area (Å²) in [6.45, 7) is 2.11. The molecule has 0 bridgehead atoms. The van der Waals surface area contributed by atoms with Gasteiger partial charge in [0.1, 0.15) is 5.39 Å². The van der Waals surface area contributed by atoms with Gasteiger partial charge in [0.25, 0.3) is 11.1 Å². The van der Waals surface area contributed by atoms with Gasteiger partial charge in [0, 0.05) is 24.8 Å². The molecule has 3 heterocycles. The van der Waals surface area contributed by atoms with Crippen molar-refractivity contribution < 1.29 is 0 Å². The van der Waals surface area contributed by atoms with Crippen LogP contribution in [-0.4, -0.2) is 47.5 Å². The minimum atomic E-state index is -0.297. The second-order valence-electron chi connectivity index (χ2n) is 8.15. The minimum absolute atomic E-state index is 0.277. The third-order valence-electron chi connectivity index (χ3n) is 6.08. The van der Waals surface area contributed by atoms with Gasteiger partial charge in [-0.25, -0.2) is 0 Å². The van der Waals surface area contributed by atoms with Crippen molar-refractivity contribution in [2.75, 3.05) is 32.1 Å². The first-order valence-corrected chi connectivity index (χ1v) is 10.6. The molecule has 0 amide bonds. The summed E-state index contributed by atoms with van der Waals surface area (Å²) >= 11 is 1.29. The lowest BCUT2D eigenvalue weighted by Crippen LogP contribution is -2.31. The predicted molar refractivity (Wildman–Crippen MR) is 115 cm³/mol. The zero-order valence-corrected chi connectivity index (χ0v) is 16.9. The van der Waals surface area contributed by atoms with Crippen LogP contribution >= 0.6 is 11.5 Å². The van der Waals surface area contributed by atoms with E-state index in [4.69, 9.17) is 0 Å². The van der Waals surface area contributed by atoms with Crippen LogP contribution in [0.3, 0.4) is 0 Å². The van der Waals surface area contributed by atoms with Crippen molar-refractivity contribution in [1.82, 2.24) is 14.3 Å². The summed E-state index contributed by atoms with van der Waals surface area (Å²) in [5.41, 5.74) is 3.64. The van der Waals surface area contributed by atoms with Crippen LogP contribution in [0.4, 0.5) is 5.69 Å². The number of likely N-dealkylation sites (N-methyl/N-ethyl adjacent to an activating group) is 1. The fraction of sp³-hybridized carbons (Fsp3) is 0.429. The lowest BCUT2D eigenvalue weighted by Gasteiger charge is -2.22. The van der Waals surface area contributed by atoms with Crippen molar-refractivity contribution in [1.29, 1.82) is 0 Å². The summed E-state index contributed by atoms with van der Waals surface area (Å²) in [5, 5.41) is 0.277. The summed E-state index contributed by atoms with van der Waals surface area (Å²) in [5.74, 6) is 0.430. The first-order valence-electron chi connectivity index (χ1n) is 9.82. The molecule has 2 fully saturated rings. The molecule has 2 N–H and O–H groups in total.